The summed E-state index contributed by atoms with van der Waals surface area (Å²) in [5.41, 5.74) is 5.29. The zero-order valence-corrected chi connectivity index (χ0v) is 9.72. The fourth-order valence-electron chi connectivity index (χ4n) is 1.44. The van der Waals surface area contributed by atoms with Gasteiger partial charge in [0.15, 0.2) is 17.3 Å². The molecule has 100 valence electrons. The topological polar surface area (TPSA) is 83.8 Å². The molecular formula is C11H9F3N4O. The molecule has 0 saturated carbocycles. The highest BCUT2D eigenvalue weighted by Crippen LogP contribution is 2.21. The summed E-state index contributed by atoms with van der Waals surface area (Å²) < 4.78 is 39.3. The first kappa shape index (κ1) is 12.9. The Balaban J connectivity index is 2.32. The lowest BCUT2D eigenvalue weighted by atomic mass is 10.2. The quantitative estimate of drug-likeness (QED) is 0.729. The summed E-state index contributed by atoms with van der Waals surface area (Å²) in [7, 11) is 0. The number of benzene rings is 1. The number of halogens is 3. The standard InChI is InChI=1S/C11H9F3N4O/c1-4-9(15)10(18-17-4)11(19)16-7-3-5(12)2-6(13)8(7)14/h2-3H,15H2,1H3,(H,16,19)(H,17,18). The van der Waals surface area contributed by atoms with Gasteiger partial charge in [-0.05, 0) is 6.92 Å². The van der Waals surface area contributed by atoms with E-state index in [4.69, 9.17) is 5.73 Å². The zero-order valence-electron chi connectivity index (χ0n) is 9.72. The first-order valence-electron chi connectivity index (χ1n) is 5.16. The van der Waals surface area contributed by atoms with E-state index in [2.05, 4.69) is 10.2 Å². The number of hydrogen-bond donors (Lipinski definition) is 3. The maximum absolute atomic E-state index is 13.3. The number of nitrogens with one attached hydrogen (secondary N) is 2. The number of amides is 1. The van der Waals surface area contributed by atoms with E-state index in [0.29, 0.717) is 17.8 Å². The van der Waals surface area contributed by atoms with Crippen molar-refractivity contribution < 1.29 is 18.0 Å². The minimum Gasteiger partial charge on any atom is -0.395 e. The molecule has 19 heavy (non-hydrogen) atoms. The largest absolute Gasteiger partial charge is 0.395 e. The van der Waals surface area contributed by atoms with Crippen LogP contribution in [0.1, 0.15) is 16.2 Å². The number of nitrogens with two attached hydrogens (primary N) is 1. The molecule has 4 N–H and O–H groups in total. The number of nitrogen functional groups attached to an aromatic ring is 1. The average molecular weight is 270 g/mol. The normalized spacial score (nSPS) is 10.5. The summed E-state index contributed by atoms with van der Waals surface area (Å²) in [5, 5.41) is 8.08. The van der Waals surface area contributed by atoms with Crippen LogP contribution < -0.4 is 11.1 Å². The summed E-state index contributed by atoms with van der Waals surface area (Å²) in [6.45, 7) is 1.58. The van der Waals surface area contributed by atoms with Crippen LogP contribution in [-0.4, -0.2) is 16.1 Å². The van der Waals surface area contributed by atoms with E-state index < -0.39 is 29.0 Å². The molecule has 1 aromatic heterocycles. The van der Waals surface area contributed by atoms with Crippen molar-refractivity contribution in [1.29, 1.82) is 0 Å². The minimum absolute atomic E-state index is 0.0785. The van der Waals surface area contributed by atoms with Crippen LogP contribution in [0.15, 0.2) is 12.1 Å². The molecule has 0 atom stereocenters. The van der Waals surface area contributed by atoms with Gasteiger partial charge in [-0.15, -0.1) is 0 Å². The molecule has 0 aliphatic heterocycles. The van der Waals surface area contributed by atoms with Crippen LogP contribution >= 0.6 is 0 Å². The zero-order chi connectivity index (χ0) is 14.2. The summed E-state index contributed by atoms with van der Waals surface area (Å²) in [6.07, 6.45) is 0. The molecule has 1 heterocycles. The predicted octanol–water partition coefficient (Wildman–Crippen LogP) is 1.97. The van der Waals surface area contributed by atoms with E-state index in [9.17, 15) is 18.0 Å². The van der Waals surface area contributed by atoms with Gasteiger partial charge in [0.05, 0.1) is 17.1 Å². The number of H-pyrrole nitrogens is 1. The average Bonchev–Trinajstić information content (AvgIpc) is 2.66. The fraction of sp³-hybridized carbons (Fsp3) is 0.0909. The number of hydrogen-bond acceptors (Lipinski definition) is 3. The smallest absolute Gasteiger partial charge is 0.278 e. The number of aryl methyl sites for hydroxylation is 1. The molecule has 1 aromatic carbocycles. The monoisotopic (exact) mass is 270 g/mol. The second kappa shape index (κ2) is 4.63. The Morgan fingerprint density at radius 2 is 2.05 bits per heavy atom. The van der Waals surface area contributed by atoms with Gasteiger partial charge in [0, 0.05) is 12.1 Å². The number of carbonyl (C=O) groups is 1. The highest BCUT2D eigenvalue weighted by atomic mass is 19.2. The molecule has 8 heteroatoms. The van der Waals surface area contributed by atoms with Crippen molar-refractivity contribution in [3.63, 3.8) is 0 Å². The van der Waals surface area contributed by atoms with Crippen LogP contribution in [0, 0.1) is 24.4 Å². The number of aromatic amines is 1. The SMILES string of the molecule is Cc1[nH]nc(C(=O)Nc2cc(F)cc(F)c2F)c1N. The molecule has 0 bridgehead atoms. The Kier molecular flexibility index (Phi) is 3.16. The Hall–Kier alpha value is -2.51. The van der Waals surface area contributed by atoms with Crippen LogP contribution in [0.3, 0.4) is 0 Å². The van der Waals surface area contributed by atoms with E-state index in [1.807, 2.05) is 5.32 Å². The molecule has 2 rings (SSSR count). The van der Waals surface area contributed by atoms with Crippen molar-refractivity contribution in [2.75, 3.05) is 11.1 Å². The van der Waals surface area contributed by atoms with Gasteiger partial charge in [0.25, 0.3) is 5.91 Å². The van der Waals surface area contributed by atoms with Gasteiger partial charge in [-0.3, -0.25) is 9.89 Å². The lowest BCUT2D eigenvalue weighted by Crippen LogP contribution is -2.16. The van der Waals surface area contributed by atoms with Crippen LogP contribution in [-0.2, 0) is 0 Å². The van der Waals surface area contributed by atoms with Crippen molar-refractivity contribution in [2.45, 2.75) is 6.92 Å². The van der Waals surface area contributed by atoms with Gasteiger partial charge in [-0.2, -0.15) is 5.10 Å². The highest BCUT2D eigenvalue weighted by molar-refractivity contribution is 6.06. The van der Waals surface area contributed by atoms with Crippen LogP contribution in [0.25, 0.3) is 0 Å². The van der Waals surface area contributed by atoms with E-state index in [1.54, 1.807) is 6.92 Å². The Morgan fingerprint density at radius 3 is 2.63 bits per heavy atom. The summed E-state index contributed by atoms with van der Waals surface area (Å²) in [4.78, 5) is 11.7. The third-order valence-corrected chi connectivity index (χ3v) is 2.45. The van der Waals surface area contributed by atoms with E-state index in [1.165, 1.54) is 0 Å². The van der Waals surface area contributed by atoms with Crippen molar-refractivity contribution >= 4 is 17.3 Å². The van der Waals surface area contributed by atoms with Gasteiger partial charge in [0.1, 0.15) is 5.82 Å². The number of rotatable bonds is 2. The molecule has 0 unspecified atom stereocenters. The molecule has 5 nitrogen and oxygen atoms in total. The fourth-order valence-corrected chi connectivity index (χ4v) is 1.44. The first-order chi connectivity index (χ1) is 8.90. The Morgan fingerprint density at radius 1 is 1.37 bits per heavy atom. The molecule has 0 fully saturated rings. The molecule has 0 aliphatic rings. The third kappa shape index (κ3) is 2.37. The van der Waals surface area contributed by atoms with E-state index >= 15 is 0 Å². The van der Waals surface area contributed by atoms with E-state index in [-0.39, 0.29) is 11.4 Å². The van der Waals surface area contributed by atoms with Crippen LogP contribution in [0.4, 0.5) is 24.5 Å². The number of carbonyl (C=O) groups excluding carboxylic acids is 1. The molecule has 0 saturated heterocycles. The van der Waals surface area contributed by atoms with Crippen molar-refractivity contribution in [2.24, 2.45) is 0 Å². The Labute approximate surface area is 105 Å². The summed E-state index contributed by atoms with van der Waals surface area (Å²) >= 11 is 0. The highest BCUT2D eigenvalue weighted by Gasteiger charge is 2.19. The maximum atomic E-state index is 13.3. The lowest BCUT2D eigenvalue weighted by Gasteiger charge is -2.06. The number of nitrogens with zero attached hydrogens (tertiary/aromatic N) is 1. The van der Waals surface area contributed by atoms with Gasteiger partial charge in [0.2, 0.25) is 0 Å². The molecule has 0 spiro atoms. The third-order valence-electron chi connectivity index (χ3n) is 2.45. The van der Waals surface area contributed by atoms with Crippen molar-refractivity contribution in [3.8, 4) is 0 Å². The maximum Gasteiger partial charge on any atom is 0.278 e. The second-order valence-electron chi connectivity index (χ2n) is 3.81. The van der Waals surface area contributed by atoms with Crippen LogP contribution in [0.2, 0.25) is 0 Å². The first-order valence-corrected chi connectivity index (χ1v) is 5.16. The van der Waals surface area contributed by atoms with Crippen LogP contribution in [0.5, 0.6) is 0 Å². The predicted molar refractivity (Wildman–Crippen MR) is 62.0 cm³/mol. The molecular weight excluding hydrogens is 261 g/mol. The molecule has 0 aliphatic carbocycles. The summed E-state index contributed by atoms with van der Waals surface area (Å²) in [6, 6.07) is 1.03. The Bertz CT molecular complexity index is 654. The van der Waals surface area contributed by atoms with Gasteiger partial charge < -0.3 is 11.1 Å². The van der Waals surface area contributed by atoms with Crippen molar-refractivity contribution in [3.05, 3.63) is 41.0 Å². The molecule has 0 radical (unpaired) electrons. The minimum atomic E-state index is -1.40. The number of anilines is 2. The van der Waals surface area contributed by atoms with E-state index in [0.717, 1.165) is 0 Å². The summed E-state index contributed by atoms with van der Waals surface area (Å²) in [5.74, 6) is -4.65. The lowest BCUT2D eigenvalue weighted by molar-refractivity contribution is 0.102. The van der Waals surface area contributed by atoms with Gasteiger partial charge >= 0.3 is 0 Å². The second-order valence-corrected chi connectivity index (χ2v) is 3.81. The molecule has 2 aromatic rings. The van der Waals surface area contributed by atoms with Crippen molar-refractivity contribution in [1.82, 2.24) is 10.2 Å². The van der Waals surface area contributed by atoms with Gasteiger partial charge in [-0.25, -0.2) is 13.2 Å². The van der Waals surface area contributed by atoms with Gasteiger partial charge in [-0.1, -0.05) is 0 Å². The molecule has 1 amide bonds. The number of aromatic nitrogens is 2.